The maximum absolute atomic E-state index is 14.2. The second kappa shape index (κ2) is 16.3. The fourth-order valence-electron chi connectivity index (χ4n) is 8.52. The van der Waals surface area contributed by atoms with E-state index >= 15 is 0 Å². The molecular weight excluding hydrogens is 642 g/mol. The van der Waals surface area contributed by atoms with Gasteiger partial charge in [0.05, 0.1) is 42.0 Å². The molecule has 0 aromatic carbocycles. The van der Waals surface area contributed by atoms with E-state index < -0.39 is 12.4 Å². The van der Waals surface area contributed by atoms with Gasteiger partial charge in [0, 0.05) is 55.3 Å². The zero-order valence-corrected chi connectivity index (χ0v) is 32.3. The number of cyclic esters (lactones) is 1. The summed E-state index contributed by atoms with van der Waals surface area (Å²) in [4.78, 5) is 34.5. The predicted molar refractivity (Wildman–Crippen MR) is 190 cm³/mol. The van der Waals surface area contributed by atoms with Gasteiger partial charge in [-0.3, -0.25) is 9.59 Å². The van der Waals surface area contributed by atoms with Crippen LogP contribution in [-0.2, 0) is 43.4 Å². The molecule has 1 saturated carbocycles. The van der Waals surface area contributed by atoms with Gasteiger partial charge in [0.2, 0.25) is 0 Å². The van der Waals surface area contributed by atoms with E-state index in [0.717, 1.165) is 61.2 Å². The Hall–Kier alpha value is -1.69. The molecule has 12 atom stereocenters. The molecule has 4 aliphatic rings. The van der Waals surface area contributed by atoms with E-state index in [-0.39, 0.29) is 83.5 Å². The topological polar surface area (TPSA) is 102 Å². The number of ether oxygens (including phenoxy) is 6. The van der Waals surface area contributed by atoms with Crippen molar-refractivity contribution in [3.63, 3.8) is 0 Å². The van der Waals surface area contributed by atoms with Crippen molar-refractivity contribution in [3.05, 3.63) is 27.2 Å². The number of aromatic nitrogens is 1. The highest BCUT2D eigenvalue weighted by Gasteiger charge is 2.56. The minimum absolute atomic E-state index is 0.0427. The number of esters is 1. The van der Waals surface area contributed by atoms with Crippen LogP contribution in [0.25, 0.3) is 0 Å². The van der Waals surface area contributed by atoms with Crippen molar-refractivity contribution in [2.45, 2.75) is 154 Å². The van der Waals surface area contributed by atoms with E-state index in [1.165, 1.54) is 4.88 Å². The van der Waals surface area contributed by atoms with E-state index in [1.54, 1.807) is 21.3 Å². The van der Waals surface area contributed by atoms with Gasteiger partial charge < -0.3 is 28.4 Å². The molecule has 3 aliphatic carbocycles. The van der Waals surface area contributed by atoms with Gasteiger partial charge in [0.15, 0.2) is 12.1 Å². The number of carbonyl (C=O) groups is 2. The van der Waals surface area contributed by atoms with Crippen molar-refractivity contribution in [2.75, 3.05) is 27.9 Å². The summed E-state index contributed by atoms with van der Waals surface area (Å²) in [5.74, 6) is 0.180. The van der Waals surface area contributed by atoms with Crippen molar-refractivity contribution in [3.8, 4) is 0 Å². The summed E-state index contributed by atoms with van der Waals surface area (Å²) in [6.07, 6.45) is 6.93. The van der Waals surface area contributed by atoms with E-state index in [0.29, 0.717) is 6.61 Å². The fourth-order valence-corrected chi connectivity index (χ4v) is 9.89. The number of rotatable bonds is 11. The first-order valence-corrected chi connectivity index (χ1v) is 19.4. The molecule has 3 unspecified atom stereocenters. The molecule has 1 aromatic heterocycles. The lowest BCUT2D eigenvalue weighted by Gasteiger charge is -2.37. The summed E-state index contributed by atoms with van der Waals surface area (Å²) in [6.45, 7) is 15.1. The standard InChI is InChI=1S/C39H61NO8S/c1-11-24-15-13-12-14-21(2)35(42)29-18-27-26-16-25(48-37(31(45-10)20-43-8)46-23(4)22(3)44-9)17-30(26)36-34(40-38(49-36)39(5,6)7)33(27)28(29)19-32(41)47-24/h18,21-28,30-31,33,37H,11-17,19-20H2,1-10H3/t21-,22-,23?,24+,25+,26+,27+,28-,30?,31+,33-,37?/m1/s1. The molecule has 2 heterocycles. The number of carbonyl (C=O) groups excluding carboxylic acids is 2. The molecule has 9 nitrogen and oxygen atoms in total. The summed E-state index contributed by atoms with van der Waals surface area (Å²) in [5, 5.41) is 1.10. The largest absolute Gasteiger partial charge is 0.462 e. The first-order chi connectivity index (χ1) is 23.3. The number of nitrogens with zero attached hydrogens (tertiary/aromatic N) is 1. The van der Waals surface area contributed by atoms with Gasteiger partial charge >= 0.3 is 5.97 Å². The SMILES string of the molecule is CC[C@H]1CCCC[C@@H](C)C(=O)C2=C[C@@H]3[C@@H](c4nc(C(C)(C)C)sc4C4C[C@@H](OC(OC(C)[C@@H](C)OC)[C@H](COC)OC)C[C@H]43)[C@@H]2CC(=O)O1. The molecule has 0 spiro atoms. The molecule has 0 N–H and O–H groups in total. The van der Waals surface area contributed by atoms with Crippen LogP contribution in [0.3, 0.4) is 0 Å². The molecule has 1 aliphatic heterocycles. The Morgan fingerprint density at radius 2 is 1.76 bits per heavy atom. The van der Waals surface area contributed by atoms with Crippen molar-refractivity contribution >= 4 is 23.1 Å². The van der Waals surface area contributed by atoms with Crippen LogP contribution in [-0.4, -0.2) is 81.5 Å². The van der Waals surface area contributed by atoms with Crippen LogP contribution in [0.4, 0.5) is 0 Å². The van der Waals surface area contributed by atoms with E-state index in [1.807, 2.05) is 25.2 Å². The summed E-state index contributed by atoms with van der Waals surface area (Å²) < 4.78 is 36.2. The molecule has 0 amide bonds. The van der Waals surface area contributed by atoms with Gasteiger partial charge in [-0.15, -0.1) is 11.3 Å². The summed E-state index contributed by atoms with van der Waals surface area (Å²) in [5.41, 5.74) is 1.77. The van der Waals surface area contributed by atoms with Crippen LogP contribution in [0, 0.1) is 23.7 Å². The number of hydrogen-bond donors (Lipinski definition) is 0. The van der Waals surface area contributed by atoms with Gasteiger partial charge in [0.1, 0.15) is 12.2 Å². The van der Waals surface area contributed by atoms with Gasteiger partial charge in [-0.25, -0.2) is 4.98 Å². The van der Waals surface area contributed by atoms with Crippen LogP contribution in [0.5, 0.6) is 0 Å². The van der Waals surface area contributed by atoms with Gasteiger partial charge in [-0.1, -0.05) is 47.1 Å². The maximum Gasteiger partial charge on any atom is 0.306 e. The van der Waals surface area contributed by atoms with E-state index in [4.69, 9.17) is 33.4 Å². The van der Waals surface area contributed by atoms with Crippen LogP contribution < -0.4 is 0 Å². The predicted octanol–water partition coefficient (Wildman–Crippen LogP) is 7.51. The molecule has 10 heteroatoms. The van der Waals surface area contributed by atoms with Crippen LogP contribution in [0.2, 0.25) is 0 Å². The Morgan fingerprint density at radius 3 is 2.41 bits per heavy atom. The normalized spacial score (nSPS) is 33.1. The Balaban J connectivity index is 1.52. The fraction of sp³-hybridized carbons (Fsp3) is 0.821. The summed E-state index contributed by atoms with van der Waals surface area (Å²) in [6, 6.07) is 0. The number of hydrogen-bond acceptors (Lipinski definition) is 10. The third kappa shape index (κ3) is 8.36. The Morgan fingerprint density at radius 1 is 1.02 bits per heavy atom. The second-order valence-corrected chi connectivity index (χ2v) is 17.0. The molecule has 276 valence electrons. The third-order valence-electron chi connectivity index (χ3n) is 11.6. The Bertz CT molecular complexity index is 1320. The lowest BCUT2D eigenvalue weighted by Crippen LogP contribution is -2.43. The minimum Gasteiger partial charge on any atom is -0.462 e. The third-order valence-corrected chi connectivity index (χ3v) is 13.2. The molecule has 5 rings (SSSR count). The Labute approximate surface area is 298 Å². The zero-order chi connectivity index (χ0) is 35.6. The van der Waals surface area contributed by atoms with Crippen molar-refractivity contribution in [1.29, 1.82) is 0 Å². The maximum atomic E-state index is 14.2. The lowest BCUT2D eigenvalue weighted by atomic mass is 9.67. The monoisotopic (exact) mass is 703 g/mol. The van der Waals surface area contributed by atoms with Crippen LogP contribution >= 0.6 is 11.3 Å². The number of methoxy groups -OCH3 is 3. The molecule has 1 saturated heterocycles. The average Bonchev–Trinajstić information content (AvgIpc) is 3.78. The quantitative estimate of drug-likeness (QED) is 0.171. The van der Waals surface area contributed by atoms with Gasteiger partial charge in [-0.2, -0.15) is 0 Å². The lowest BCUT2D eigenvalue weighted by molar-refractivity contribution is -0.255. The molecular formula is C39H61NO8S. The van der Waals surface area contributed by atoms with Crippen LogP contribution in [0.15, 0.2) is 11.6 Å². The van der Waals surface area contributed by atoms with Gasteiger partial charge in [-0.05, 0) is 69.8 Å². The van der Waals surface area contributed by atoms with Crippen molar-refractivity contribution in [1.82, 2.24) is 4.98 Å². The minimum atomic E-state index is -0.648. The molecule has 2 fully saturated rings. The van der Waals surface area contributed by atoms with Crippen LogP contribution in [0.1, 0.15) is 127 Å². The Kier molecular flexibility index (Phi) is 12.8. The first-order valence-electron chi connectivity index (χ1n) is 18.6. The number of allylic oxidation sites excluding steroid dienone is 2. The van der Waals surface area contributed by atoms with Crippen molar-refractivity contribution in [2.24, 2.45) is 23.7 Å². The van der Waals surface area contributed by atoms with E-state index in [2.05, 4.69) is 40.7 Å². The average molecular weight is 704 g/mol. The number of ketones is 1. The number of fused-ring (bicyclic) bond motifs is 8. The summed E-state index contributed by atoms with van der Waals surface area (Å²) >= 11 is 1.81. The summed E-state index contributed by atoms with van der Waals surface area (Å²) in [7, 11) is 4.98. The van der Waals surface area contributed by atoms with Crippen molar-refractivity contribution < 1.29 is 38.0 Å². The van der Waals surface area contributed by atoms with Gasteiger partial charge in [0.25, 0.3) is 0 Å². The second-order valence-electron chi connectivity index (χ2n) is 16.0. The number of thiazole rings is 1. The molecule has 0 bridgehead atoms. The molecule has 49 heavy (non-hydrogen) atoms. The van der Waals surface area contributed by atoms with E-state index in [9.17, 15) is 9.59 Å². The zero-order valence-electron chi connectivity index (χ0n) is 31.5. The molecule has 1 aromatic rings. The molecule has 0 radical (unpaired) electrons. The highest BCUT2D eigenvalue weighted by atomic mass is 32.1. The first kappa shape index (κ1) is 38.5. The smallest absolute Gasteiger partial charge is 0.306 e. The number of Topliss-reactive ketones (excluding diaryl/α,β-unsaturated/α-hetero) is 1. The highest BCUT2D eigenvalue weighted by molar-refractivity contribution is 7.12. The highest BCUT2D eigenvalue weighted by Crippen LogP contribution is 2.62.